The van der Waals surface area contributed by atoms with E-state index in [-0.39, 0.29) is 37.1 Å². The van der Waals surface area contributed by atoms with Gasteiger partial charge in [-0.3, -0.25) is 24.1 Å². The third-order valence-electron chi connectivity index (χ3n) is 7.09. The molecule has 2 heterocycles. The highest BCUT2D eigenvalue weighted by Gasteiger charge is 2.35. The fourth-order valence-electron chi connectivity index (χ4n) is 4.98. The van der Waals surface area contributed by atoms with Crippen LogP contribution in [0.4, 0.5) is 0 Å². The van der Waals surface area contributed by atoms with Crippen LogP contribution in [0.25, 0.3) is 10.9 Å². The average molecular weight is 579 g/mol. The first-order valence-corrected chi connectivity index (χ1v) is 14.1. The van der Waals surface area contributed by atoms with Gasteiger partial charge in [0, 0.05) is 30.1 Å². The lowest BCUT2D eigenvalue weighted by Crippen LogP contribution is -2.53. The van der Waals surface area contributed by atoms with Crippen LogP contribution in [0, 0.1) is 5.92 Å². The van der Waals surface area contributed by atoms with Crippen molar-refractivity contribution < 1.29 is 29.1 Å². The summed E-state index contributed by atoms with van der Waals surface area (Å²) in [5, 5.41) is 15.2. The van der Waals surface area contributed by atoms with Crippen LogP contribution in [0.2, 0.25) is 0 Å². The van der Waals surface area contributed by atoms with E-state index in [1.807, 2.05) is 38.1 Å². The molecule has 4 N–H and O–H groups in total. The zero-order valence-electron chi connectivity index (χ0n) is 22.9. The van der Waals surface area contributed by atoms with Gasteiger partial charge in [0.15, 0.2) is 0 Å². The largest absolute Gasteiger partial charge is 0.480 e. The Labute approximate surface area is 243 Å². The molecular weight excluding hydrogens is 544 g/mol. The first kappa shape index (κ1) is 29.9. The molecule has 1 aromatic heterocycles. The van der Waals surface area contributed by atoms with E-state index in [0.717, 1.165) is 21.4 Å². The van der Waals surface area contributed by atoms with E-state index in [4.69, 9.17) is 0 Å². The smallest absolute Gasteiger partial charge is 0.326 e. The molecule has 0 aliphatic carbocycles. The Balaban J connectivity index is 1.33. The number of thiol groups is 1. The highest BCUT2D eigenvalue weighted by molar-refractivity contribution is 7.81. The summed E-state index contributed by atoms with van der Waals surface area (Å²) in [6.07, 6.45) is 2.71. The molecule has 0 saturated carbocycles. The van der Waals surface area contributed by atoms with Crippen LogP contribution < -0.4 is 10.6 Å². The van der Waals surface area contributed by atoms with Crippen LogP contribution in [-0.4, -0.2) is 68.5 Å². The zero-order chi connectivity index (χ0) is 29.7. The molecule has 1 aliphatic heterocycles. The first-order valence-electron chi connectivity index (χ1n) is 13.6. The summed E-state index contributed by atoms with van der Waals surface area (Å²) >= 11 is 4.40. The number of carbonyl (C=O) groups excluding carboxylic acids is 4. The summed E-state index contributed by atoms with van der Waals surface area (Å²) in [5.41, 5.74) is 2.35. The molecule has 4 rings (SSSR count). The van der Waals surface area contributed by atoms with E-state index in [9.17, 15) is 29.1 Å². The summed E-state index contributed by atoms with van der Waals surface area (Å²) in [5.74, 6) is -2.94. The van der Waals surface area contributed by atoms with Crippen molar-refractivity contribution in [2.24, 2.45) is 5.92 Å². The number of carboxylic acid groups (broad SMARTS) is 1. The van der Waals surface area contributed by atoms with Crippen molar-refractivity contribution in [3.63, 3.8) is 0 Å². The van der Waals surface area contributed by atoms with Crippen molar-refractivity contribution in [2.45, 2.75) is 56.9 Å². The van der Waals surface area contributed by atoms with Gasteiger partial charge < -0.3 is 20.7 Å². The highest BCUT2D eigenvalue weighted by atomic mass is 32.1. The topological polar surface area (TPSA) is 149 Å². The lowest BCUT2D eigenvalue weighted by molar-refractivity contribution is -0.142. The van der Waals surface area contributed by atoms with Crippen molar-refractivity contribution in [2.75, 3.05) is 6.54 Å². The van der Waals surface area contributed by atoms with Gasteiger partial charge in [-0.25, -0.2) is 4.79 Å². The Bertz CT molecular complexity index is 1430. The van der Waals surface area contributed by atoms with Gasteiger partial charge in [-0.2, -0.15) is 12.6 Å². The maximum Gasteiger partial charge on any atom is 0.326 e. The fraction of sp³-hybridized carbons (Fsp3) is 0.367. The van der Waals surface area contributed by atoms with E-state index in [2.05, 4.69) is 28.2 Å². The molecule has 216 valence electrons. The number of aromatic amines is 1. The van der Waals surface area contributed by atoms with Crippen LogP contribution in [0.5, 0.6) is 0 Å². The van der Waals surface area contributed by atoms with E-state index in [1.54, 1.807) is 30.5 Å². The number of benzene rings is 2. The number of aliphatic carboxylic acids is 1. The molecule has 0 saturated heterocycles. The van der Waals surface area contributed by atoms with Crippen molar-refractivity contribution in [3.8, 4) is 0 Å². The molecule has 3 atom stereocenters. The monoisotopic (exact) mass is 578 g/mol. The summed E-state index contributed by atoms with van der Waals surface area (Å²) in [6.45, 7) is 3.93. The second-order valence-electron chi connectivity index (χ2n) is 10.6. The molecule has 11 heteroatoms. The van der Waals surface area contributed by atoms with E-state index >= 15 is 0 Å². The molecule has 10 nitrogen and oxygen atoms in total. The number of carboxylic acids is 1. The molecule has 41 heavy (non-hydrogen) atoms. The van der Waals surface area contributed by atoms with Gasteiger partial charge in [0.2, 0.25) is 11.8 Å². The molecule has 0 bridgehead atoms. The molecule has 0 fully saturated rings. The Morgan fingerprint density at radius 2 is 1.54 bits per heavy atom. The number of para-hydroxylation sites is 1. The summed E-state index contributed by atoms with van der Waals surface area (Å²) in [6, 6.07) is 12.0. The standard InChI is InChI=1S/C30H34N4O6S/c1-17(2)14-23(26(35)33-24(30(39)40)15-18-16-31-22-11-6-5-8-19(18)22)32-27(36)25(41)12-7-13-34-28(37)20-9-3-4-10-21(20)29(34)38/h3-6,8-11,16-17,23-25,31,41H,7,12-15H2,1-2H3,(H,32,36)(H,33,35)(H,39,40)/t23?,24-,25?/m0/s1. The third-order valence-corrected chi connectivity index (χ3v) is 7.59. The zero-order valence-corrected chi connectivity index (χ0v) is 23.8. The second-order valence-corrected chi connectivity index (χ2v) is 11.2. The van der Waals surface area contributed by atoms with Crippen molar-refractivity contribution in [3.05, 3.63) is 71.4 Å². The predicted octanol–water partition coefficient (Wildman–Crippen LogP) is 3.19. The molecule has 1 aliphatic rings. The first-order chi connectivity index (χ1) is 19.6. The number of imide groups is 1. The molecule has 2 aromatic carbocycles. The number of hydrogen-bond acceptors (Lipinski definition) is 6. The number of aromatic nitrogens is 1. The number of rotatable bonds is 13. The minimum absolute atomic E-state index is 0.0372. The van der Waals surface area contributed by atoms with E-state index in [0.29, 0.717) is 24.0 Å². The van der Waals surface area contributed by atoms with Gasteiger partial charge in [0.05, 0.1) is 16.4 Å². The number of H-pyrrole nitrogens is 1. The van der Waals surface area contributed by atoms with Crippen molar-refractivity contribution in [1.29, 1.82) is 0 Å². The van der Waals surface area contributed by atoms with Gasteiger partial charge in [0.1, 0.15) is 12.1 Å². The van der Waals surface area contributed by atoms with Gasteiger partial charge in [-0.05, 0) is 48.9 Å². The molecule has 0 spiro atoms. The number of nitrogens with zero attached hydrogens (tertiary/aromatic N) is 1. The van der Waals surface area contributed by atoms with Crippen LogP contribution in [0.1, 0.15) is 59.4 Å². The van der Waals surface area contributed by atoms with Gasteiger partial charge in [-0.15, -0.1) is 0 Å². The Morgan fingerprint density at radius 3 is 2.17 bits per heavy atom. The van der Waals surface area contributed by atoms with Crippen LogP contribution in [0.15, 0.2) is 54.7 Å². The van der Waals surface area contributed by atoms with Crippen LogP contribution in [0.3, 0.4) is 0 Å². The normalized spacial score (nSPS) is 15.1. The quantitative estimate of drug-likeness (QED) is 0.155. The summed E-state index contributed by atoms with van der Waals surface area (Å²) < 4.78 is 0. The lowest BCUT2D eigenvalue weighted by atomic mass is 10.0. The molecule has 3 aromatic rings. The molecule has 0 radical (unpaired) electrons. The SMILES string of the molecule is CC(C)CC(NC(=O)C(S)CCCN1C(=O)c2ccccc2C1=O)C(=O)N[C@@H](Cc1c[nH]c2ccccc12)C(=O)O. The minimum Gasteiger partial charge on any atom is -0.480 e. The van der Waals surface area contributed by atoms with E-state index < -0.39 is 35.1 Å². The highest BCUT2D eigenvalue weighted by Crippen LogP contribution is 2.23. The average Bonchev–Trinajstić information content (AvgIpc) is 3.46. The maximum atomic E-state index is 13.2. The van der Waals surface area contributed by atoms with Crippen molar-refractivity contribution >= 4 is 53.1 Å². The second kappa shape index (κ2) is 13.0. The van der Waals surface area contributed by atoms with Gasteiger partial charge >= 0.3 is 5.97 Å². The third kappa shape index (κ3) is 6.97. The van der Waals surface area contributed by atoms with Gasteiger partial charge in [0.25, 0.3) is 11.8 Å². The maximum absolute atomic E-state index is 13.2. The predicted molar refractivity (Wildman–Crippen MR) is 157 cm³/mol. The fourth-order valence-corrected chi connectivity index (χ4v) is 5.24. The number of fused-ring (bicyclic) bond motifs is 2. The van der Waals surface area contributed by atoms with E-state index in [1.165, 1.54) is 0 Å². The van der Waals surface area contributed by atoms with Crippen LogP contribution >= 0.6 is 12.6 Å². The number of amides is 4. The van der Waals surface area contributed by atoms with Gasteiger partial charge in [-0.1, -0.05) is 44.2 Å². The Kier molecular flexibility index (Phi) is 9.49. The summed E-state index contributed by atoms with van der Waals surface area (Å²) in [4.78, 5) is 67.6. The molecule has 4 amide bonds. The Hall–Kier alpha value is -4.12. The number of nitrogens with one attached hydrogen (secondary N) is 3. The molecule has 2 unspecified atom stereocenters. The van der Waals surface area contributed by atoms with Crippen LogP contribution in [-0.2, 0) is 20.8 Å². The molecular formula is C30H34N4O6S. The van der Waals surface area contributed by atoms with Crippen molar-refractivity contribution in [1.82, 2.24) is 20.5 Å². The number of hydrogen-bond donors (Lipinski definition) is 5. The minimum atomic E-state index is -1.19. The Morgan fingerprint density at radius 1 is 0.927 bits per heavy atom. The lowest BCUT2D eigenvalue weighted by Gasteiger charge is -2.24. The summed E-state index contributed by atoms with van der Waals surface area (Å²) in [7, 11) is 0. The number of carbonyl (C=O) groups is 5.